The number of hydrogen-bond acceptors (Lipinski definition) is 4. The minimum atomic E-state index is -1.15. The summed E-state index contributed by atoms with van der Waals surface area (Å²) in [5.74, 6) is -1.44. The highest BCUT2D eigenvalue weighted by atomic mass is 32.1. The van der Waals surface area contributed by atoms with Crippen molar-refractivity contribution in [2.24, 2.45) is 0 Å². The number of aliphatic carboxylic acids is 1. The molecule has 0 aliphatic heterocycles. The van der Waals surface area contributed by atoms with Crippen LogP contribution in [0.25, 0.3) is 0 Å². The minimum Gasteiger partial charge on any atom is -0.479 e. The van der Waals surface area contributed by atoms with E-state index in [1.54, 1.807) is 24.4 Å². The van der Waals surface area contributed by atoms with E-state index in [1.165, 1.54) is 18.4 Å². The summed E-state index contributed by atoms with van der Waals surface area (Å²) in [6.45, 7) is 2.12. The highest BCUT2D eigenvalue weighted by Gasteiger charge is 2.24. The first-order chi connectivity index (χ1) is 9.45. The van der Waals surface area contributed by atoms with Crippen LogP contribution >= 0.6 is 11.3 Å². The number of thiophene rings is 1. The molecule has 7 nitrogen and oxygen atoms in total. The average Bonchev–Trinajstić information content (AvgIpc) is 2.88. The fourth-order valence-electron chi connectivity index (χ4n) is 1.48. The van der Waals surface area contributed by atoms with Crippen molar-refractivity contribution < 1.29 is 19.5 Å². The van der Waals surface area contributed by atoms with Crippen LogP contribution in [0, 0.1) is 0 Å². The smallest absolute Gasteiger partial charge is 0.331 e. The van der Waals surface area contributed by atoms with Crippen molar-refractivity contribution in [3.05, 3.63) is 22.4 Å². The molecule has 20 heavy (non-hydrogen) atoms. The molecular formula is C12H17N3O4S. The monoisotopic (exact) mass is 299 g/mol. The van der Waals surface area contributed by atoms with Gasteiger partial charge in [0.05, 0.1) is 0 Å². The summed E-state index contributed by atoms with van der Waals surface area (Å²) in [5, 5.41) is 15.8. The third-order valence-electron chi connectivity index (χ3n) is 2.44. The van der Waals surface area contributed by atoms with Gasteiger partial charge in [-0.05, 0) is 18.4 Å². The van der Waals surface area contributed by atoms with Crippen LogP contribution in [0.3, 0.4) is 0 Å². The second-order valence-corrected chi connectivity index (χ2v) is 5.03. The Morgan fingerprint density at radius 3 is 2.65 bits per heavy atom. The molecule has 0 bridgehead atoms. The van der Waals surface area contributed by atoms with Crippen molar-refractivity contribution in [2.45, 2.75) is 13.0 Å². The van der Waals surface area contributed by atoms with Crippen molar-refractivity contribution in [1.29, 1.82) is 0 Å². The topological polar surface area (TPSA) is 98.7 Å². The van der Waals surface area contributed by atoms with Gasteiger partial charge >= 0.3 is 12.0 Å². The number of rotatable bonds is 6. The number of carboxylic acids is 1. The summed E-state index contributed by atoms with van der Waals surface area (Å²) in [6.07, 6.45) is 0. The molecule has 0 saturated carbocycles. The number of likely N-dealkylation sites (N-methyl/N-ethyl adjacent to an activating group) is 2. The van der Waals surface area contributed by atoms with Gasteiger partial charge in [0.2, 0.25) is 5.91 Å². The zero-order valence-electron chi connectivity index (χ0n) is 11.3. The predicted octanol–water partition coefficient (Wildman–Crippen LogP) is 0.651. The Kier molecular flexibility index (Phi) is 5.98. The quantitative estimate of drug-likeness (QED) is 0.718. The van der Waals surface area contributed by atoms with E-state index in [1.807, 2.05) is 0 Å². The molecular weight excluding hydrogens is 282 g/mol. The van der Waals surface area contributed by atoms with E-state index >= 15 is 0 Å². The highest BCUT2D eigenvalue weighted by Crippen LogP contribution is 2.19. The molecule has 1 heterocycles. The molecule has 0 aromatic carbocycles. The molecule has 0 fully saturated rings. The summed E-state index contributed by atoms with van der Waals surface area (Å²) in [7, 11) is 1.43. The van der Waals surface area contributed by atoms with Gasteiger partial charge in [-0.2, -0.15) is 0 Å². The van der Waals surface area contributed by atoms with Crippen LogP contribution in [0.2, 0.25) is 0 Å². The lowest BCUT2D eigenvalue weighted by atomic mass is 10.2. The first kappa shape index (κ1) is 16.0. The molecule has 8 heteroatoms. The molecule has 1 unspecified atom stereocenters. The van der Waals surface area contributed by atoms with Gasteiger partial charge < -0.3 is 20.6 Å². The number of amides is 3. The number of urea groups is 1. The molecule has 0 aliphatic rings. The van der Waals surface area contributed by atoms with Crippen molar-refractivity contribution >= 4 is 29.2 Å². The summed E-state index contributed by atoms with van der Waals surface area (Å²) in [4.78, 5) is 36.1. The second-order valence-electron chi connectivity index (χ2n) is 4.05. The fourth-order valence-corrected chi connectivity index (χ4v) is 2.25. The molecule has 0 saturated heterocycles. The average molecular weight is 299 g/mol. The molecule has 3 amide bonds. The Hall–Kier alpha value is -2.09. The van der Waals surface area contributed by atoms with Crippen LogP contribution in [0.15, 0.2) is 17.5 Å². The number of carbonyl (C=O) groups is 3. The van der Waals surface area contributed by atoms with E-state index in [-0.39, 0.29) is 12.5 Å². The highest BCUT2D eigenvalue weighted by molar-refractivity contribution is 7.10. The molecule has 0 radical (unpaired) electrons. The van der Waals surface area contributed by atoms with Gasteiger partial charge in [0, 0.05) is 18.5 Å². The van der Waals surface area contributed by atoms with Gasteiger partial charge in [0.1, 0.15) is 6.54 Å². The summed E-state index contributed by atoms with van der Waals surface area (Å²) >= 11 is 1.24. The van der Waals surface area contributed by atoms with Crippen molar-refractivity contribution in [2.75, 3.05) is 20.1 Å². The third-order valence-corrected chi connectivity index (χ3v) is 3.38. The maximum absolute atomic E-state index is 11.9. The zero-order valence-corrected chi connectivity index (χ0v) is 12.1. The van der Waals surface area contributed by atoms with Gasteiger partial charge in [-0.3, -0.25) is 4.79 Å². The fraction of sp³-hybridized carbons (Fsp3) is 0.417. The first-order valence-corrected chi connectivity index (χ1v) is 6.88. The largest absolute Gasteiger partial charge is 0.479 e. The minimum absolute atomic E-state index is 0.129. The van der Waals surface area contributed by atoms with Crippen LogP contribution in [-0.2, 0) is 9.59 Å². The maximum atomic E-state index is 11.9. The first-order valence-electron chi connectivity index (χ1n) is 6.00. The van der Waals surface area contributed by atoms with Crippen molar-refractivity contribution in [3.63, 3.8) is 0 Å². The third kappa shape index (κ3) is 4.54. The molecule has 0 aliphatic carbocycles. The number of carbonyl (C=O) groups excluding carboxylic acids is 2. The van der Waals surface area contributed by atoms with Gasteiger partial charge in [0.25, 0.3) is 0 Å². The molecule has 1 aromatic rings. The summed E-state index contributed by atoms with van der Waals surface area (Å²) in [6, 6.07) is 1.62. The van der Waals surface area contributed by atoms with E-state index in [0.717, 1.165) is 4.90 Å². The lowest BCUT2D eigenvalue weighted by Crippen LogP contribution is -2.45. The summed E-state index contributed by atoms with van der Waals surface area (Å²) in [5.41, 5.74) is 0. The zero-order chi connectivity index (χ0) is 15.1. The Labute approximate surface area is 120 Å². The number of nitrogens with zero attached hydrogens (tertiary/aromatic N) is 1. The van der Waals surface area contributed by atoms with Crippen molar-refractivity contribution in [3.8, 4) is 0 Å². The molecule has 1 rings (SSSR count). The van der Waals surface area contributed by atoms with Crippen LogP contribution in [0.1, 0.15) is 17.8 Å². The second kappa shape index (κ2) is 7.49. The van der Waals surface area contributed by atoms with E-state index in [9.17, 15) is 14.4 Å². The van der Waals surface area contributed by atoms with Crippen LogP contribution in [-0.4, -0.2) is 48.1 Å². The lowest BCUT2D eigenvalue weighted by Gasteiger charge is -2.20. The normalized spacial score (nSPS) is 11.5. The molecule has 1 aromatic heterocycles. The van der Waals surface area contributed by atoms with Gasteiger partial charge in [-0.15, -0.1) is 11.3 Å². The Bertz CT molecular complexity index is 475. The standard InChI is InChI=1S/C12H17N3O4S/c1-3-13-9(16)7-15(2)12(19)14-10(11(17)18)8-5-4-6-20-8/h4-6,10H,3,7H2,1-2H3,(H,13,16)(H,14,19)(H,17,18). The number of hydrogen-bond donors (Lipinski definition) is 3. The van der Waals surface area contributed by atoms with Gasteiger partial charge in [-0.1, -0.05) is 6.07 Å². The SMILES string of the molecule is CCNC(=O)CN(C)C(=O)NC(C(=O)O)c1cccs1. The maximum Gasteiger partial charge on any atom is 0.331 e. The van der Waals surface area contributed by atoms with E-state index < -0.39 is 18.0 Å². The molecule has 3 N–H and O–H groups in total. The predicted molar refractivity (Wildman–Crippen MR) is 74.5 cm³/mol. The molecule has 110 valence electrons. The van der Waals surface area contributed by atoms with E-state index in [0.29, 0.717) is 11.4 Å². The van der Waals surface area contributed by atoms with Gasteiger partial charge in [0.15, 0.2) is 6.04 Å². The lowest BCUT2D eigenvalue weighted by molar-refractivity contribution is -0.139. The summed E-state index contributed by atoms with van der Waals surface area (Å²) < 4.78 is 0. The molecule has 0 spiro atoms. The van der Waals surface area contributed by atoms with Gasteiger partial charge in [-0.25, -0.2) is 9.59 Å². The van der Waals surface area contributed by atoms with E-state index in [2.05, 4.69) is 10.6 Å². The molecule has 1 atom stereocenters. The van der Waals surface area contributed by atoms with Crippen molar-refractivity contribution in [1.82, 2.24) is 15.5 Å². The Balaban J connectivity index is 2.63. The van der Waals surface area contributed by atoms with Crippen LogP contribution in [0.4, 0.5) is 4.79 Å². The van der Waals surface area contributed by atoms with Crippen LogP contribution < -0.4 is 10.6 Å². The Morgan fingerprint density at radius 1 is 1.45 bits per heavy atom. The number of nitrogens with one attached hydrogen (secondary N) is 2. The Morgan fingerprint density at radius 2 is 2.15 bits per heavy atom. The van der Waals surface area contributed by atoms with E-state index in [4.69, 9.17) is 5.11 Å². The number of carboxylic acid groups (broad SMARTS) is 1. The van der Waals surface area contributed by atoms with Crippen LogP contribution in [0.5, 0.6) is 0 Å².